The highest BCUT2D eigenvalue weighted by atomic mass is 16.1. The van der Waals surface area contributed by atoms with E-state index in [-0.39, 0.29) is 11.2 Å². The van der Waals surface area contributed by atoms with Crippen molar-refractivity contribution in [1.82, 2.24) is 9.55 Å². The molecule has 0 amide bonds. The molecule has 2 N–H and O–H groups in total. The molecular weight excluding hydrogens is 214 g/mol. The van der Waals surface area contributed by atoms with Crippen molar-refractivity contribution in [3.63, 3.8) is 0 Å². The Kier molecular flexibility index (Phi) is 3.23. The van der Waals surface area contributed by atoms with E-state index in [0.29, 0.717) is 0 Å². The summed E-state index contributed by atoms with van der Waals surface area (Å²) in [6.45, 7) is 2.08. The van der Waals surface area contributed by atoms with Crippen LogP contribution >= 0.6 is 0 Å². The molecule has 2 aromatic rings. The highest BCUT2D eigenvalue weighted by molar-refractivity contribution is 5.42. The molecule has 4 heteroatoms. The van der Waals surface area contributed by atoms with E-state index >= 15 is 0 Å². The number of rotatable bonds is 3. The molecule has 0 aliphatic carbocycles. The highest BCUT2D eigenvalue weighted by Crippen LogP contribution is 2.11. The van der Waals surface area contributed by atoms with E-state index in [4.69, 9.17) is 5.73 Å². The Morgan fingerprint density at radius 1 is 1.24 bits per heavy atom. The fourth-order valence-electron chi connectivity index (χ4n) is 1.82. The molecular formula is C13H15N3O. The minimum absolute atomic E-state index is 0.165. The Morgan fingerprint density at radius 3 is 2.59 bits per heavy atom. The summed E-state index contributed by atoms with van der Waals surface area (Å²) < 4.78 is 1.65. The van der Waals surface area contributed by atoms with Gasteiger partial charge in [-0.15, -0.1) is 0 Å². The highest BCUT2D eigenvalue weighted by Gasteiger charge is 2.07. The first-order chi connectivity index (χ1) is 8.24. The van der Waals surface area contributed by atoms with Crippen LogP contribution in [0.2, 0.25) is 0 Å². The van der Waals surface area contributed by atoms with Gasteiger partial charge in [-0.1, -0.05) is 13.3 Å². The quantitative estimate of drug-likeness (QED) is 0.872. The molecule has 0 aliphatic rings. The molecule has 0 atom stereocenters. The van der Waals surface area contributed by atoms with E-state index in [1.54, 1.807) is 35.2 Å². The fourth-order valence-corrected chi connectivity index (χ4v) is 1.82. The van der Waals surface area contributed by atoms with E-state index in [9.17, 15) is 4.79 Å². The Labute approximate surface area is 99.7 Å². The molecule has 2 heterocycles. The van der Waals surface area contributed by atoms with Gasteiger partial charge in [-0.25, -0.2) is 0 Å². The maximum absolute atomic E-state index is 12.1. The van der Waals surface area contributed by atoms with E-state index in [1.807, 2.05) is 6.07 Å². The fraction of sp³-hybridized carbons (Fsp3) is 0.231. The van der Waals surface area contributed by atoms with Crippen LogP contribution in [0, 0.1) is 0 Å². The van der Waals surface area contributed by atoms with Crippen molar-refractivity contribution in [1.29, 1.82) is 0 Å². The molecule has 0 spiro atoms. The SMILES string of the molecule is CCCc1ccc(N)c(=O)n1-c1ccncc1. The molecule has 0 radical (unpaired) electrons. The van der Waals surface area contributed by atoms with Crippen LogP contribution in [0.1, 0.15) is 19.0 Å². The smallest absolute Gasteiger partial charge is 0.278 e. The van der Waals surface area contributed by atoms with E-state index in [0.717, 1.165) is 24.2 Å². The van der Waals surface area contributed by atoms with Crippen molar-refractivity contribution in [2.24, 2.45) is 0 Å². The van der Waals surface area contributed by atoms with Gasteiger partial charge in [0.05, 0.1) is 11.4 Å². The van der Waals surface area contributed by atoms with Crippen molar-refractivity contribution in [3.8, 4) is 5.69 Å². The summed E-state index contributed by atoms with van der Waals surface area (Å²) in [5.74, 6) is 0. The van der Waals surface area contributed by atoms with Crippen LogP contribution in [0.3, 0.4) is 0 Å². The summed E-state index contributed by atoms with van der Waals surface area (Å²) in [6, 6.07) is 7.19. The van der Waals surface area contributed by atoms with Gasteiger partial charge >= 0.3 is 0 Å². The number of pyridine rings is 2. The molecule has 17 heavy (non-hydrogen) atoms. The summed E-state index contributed by atoms with van der Waals surface area (Å²) in [6.07, 6.45) is 5.16. The van der Waals surface area contributed by atoms with Crippen LogP contribution < -0.4 is 11.3 Å². The lowest BCUT2D eigenvalue weighted by atomic mass is 10.2. The van der Waals surface area contributed by atoms with Gasteiger partial charge in [-0.3, -0.25) is 14.3 Å². The van der Waals surface area contributed by atoms with Gasteiger partial charge < -0.3 is 5.73 Å². The maximum Gasteiger partial charge on any atom is 0.278 e. The lowest BCUT2D eigenvalue weighted by Crippen LogP contribution is -2.24. The Balaban J connectivity index is 2.66. The number of anilines is 1. The normalized spacial score (nSPS) is 10.4. The number of aryl methyl sites for hydroxylation is 1. The molecule has 2 aromatic heterocycles. The zero-order valence-electron chi connectivity index (χ0n) is 9.76. The second-order valence-corrected chi connectivity index (χ2v) is 3.88. The first-order valence-electron chi connectivity index (χ1n) is 5.65. The molecule has 2 rings (SSSR count). The van der Waals surface area contributed by atoms with Crippen molar-refractivity contribution in [3.05, 3.63) is 52.7 Å². The minimum Gasteiger partial charge on any atom is -0.394 e. The van der Waals surface area contributed by atoms with Crippen LogP contribution in [0.4, 0.5) is 5.69 Å². The third-order valence-corrected chi connectivity index (χ3v) is 2.62. The van der Waals surface area contributed by atoms with E-state index in [2.05, 4.69) is 11.9 Å². The predicted molar refractivity (Wildman–Crippen MR) is 68.2 cm³/mol. The molecule has 0 saturated carbocycles. The van der Waals surface area contributed by atoms with Crippen LogP contribution in [0.5, 0.6) is 0 Å². The Hall–Kier alpha value is -2.10. The third kappa shape index (κ3) is 2.20. The molecule has 0 unspecified atom stereocenters. The van der Waals surface area contributed by atoms with Gasteiger partial charge in [0.1, 0.15) is 0 Å². The molecule has 0 aromatic carbocycles. The average Bonchev–Trinajstić information content (AvgIpc) is 2.36. The van der Waals surface area contributed by atoms with Crippen molar-refractivity contribution in [2.75, 3.05) is 5.73 Å². The minimum atomic E-state index is -0.165. The van der Waals surface area contributed by atoms with Gasteiger partial charge in [0.2, 0.25) is 0 Å². The zero-order valence-corrected chi connectivity index (χ0v) is 9.76. The van der Waals surface area contributed by atoms with Crippen LogP contribution in [0.25, 0.3) is 5.69 Å². The molecule has 0 aliphatic heterocycles. The summed E-state index contributed by atoms with van der Waals surface area (Å²) >= 11 is 0. The zero-order chi connectivity index (χ0) is 12.3. The van der Waals surface area contributed by atoms with Gasteiger partial charge in [0, 0.05) is 18.1 Å². The Morgan fingerprint density at radius 2 is 1.94 bits per heavy atom. The second-order valence-electron chi connectivity index (χ2n) is 3.88. The standard InChI is InChI=1S/C13H15N3O/c1-2-3-10-4-5-12(14)13(17)16(10)11-6-8-15-9-7-11/h4-9H,2-3,14H2,1H3. The number of hydrogen-bond donors (Lipinski definition) is 1. The first-order valence-corrected chi connectivity index (χ1v) is 5.65. The van der Waals surface area contributed by atoms with Gasteiger partial charge in [0.15, 0.2) is 0 Å². The maximum atomic E-state index is 12.1. The molecule has 0 saturated heterocycles. The molecule has 4 nitrogen and oxygen atoms in total. The lowest BCUT2D eigenvalue weighted by Gasteiger charge is -2.12. The number of nitrogens with two attached hydrogens (primary N) is 1. The molecule has 88 valence electrons. The van der Waals surface area contributed by atoms with Gasteiger partial charge in [-0.2, -0.15) is 0 Å². The number of hydrogen-bond acceptors (Lipinski definition) is 3. The number of aromatic nitrogens is 2. The van der Waals surface area contributed by atoms with Gasteiger partial charge in [-0.05, 0) is 30.7 Å². The molecule has 0 fully saturated rings. The van der Waals surface area contributed by atoms with Crippen LogP contribution in [0.15, 0.2) is 41.5 Å². The molecule has 0 bridgehead atoms. The topological polar surface area (TPSA) is 60.9 Å². The second kappa shape index (κ2) is 4.82. The lowest BCUT2D eigenvalue weighted by molar-refractivity contribution is 0.811. The summed E-state index contributed by atoms with van der Waals surface area (Å²) in [5.41, 5.74) is 7.55. The third-order valence-electron chi connectivity index (χ3n) is 2.62. The van der Waals surface area contributed by atoms with E-state index < -0.39 is 0 Å². The largest absolute Gasteiger partial charge is 0.394 e. The van der Waals surface area contributed by atoms with Crippen LogP contribution in [-0.2, 0) is 6.42 Å². The number of nitrogen functional groups attached to an aromatic ring is 1. The monoisotopic (exact) mass is 229 g/mol. The predicted octanol–water partition coefficient (Wildman–Crippen LogP) is 1.77. The van der Waals surface area contributed by atoms with Crippen molar-refractivity contribution < 1.29 is 0 Å². The summed E-state index contributed by atoms with van der Waals surface area (Å²) in [5, 5.41) is 0. The average molecular weight is 229 g/mol. The van der Waals surface area contributed by atoms with E-state index in [1.165, 1.54) is 0 Å². The first kappa shape index (κ1) is 11.4. The van der Waals surface area contributed by atoms with Crippen LogP contribution in [-0.4, -0.2) is 9.55 Å². The summed E-state index contributed by atoms with van der Waals surface area (Å²) in [7, 11) is 0. The van der Waals surface area contributed by atoms with Gasteiger partial charge in [0.25, 0.3) is 5.56 Å². The number of nitrogens with zero attached hydrogens (tertiary/aromatic N) is 2. The van der Waals surface area contributed by atoms with Crippen molar-refractivity contribution >= 4 is 5.69 Å². The Bertz CT molecular complexity index is 561. The summed E-state index contributed by atoms with van der Waals surface area (Å²) in [4.78, 5) is 16.0. The van der Waals surface area contributed by atoms with Crippen molar-refractivity contribution in [2.45, 2.75) is 19.8 Å².